The summed E-state index contributed by atoms with van der Waals surface area (Å²) < 4.78 is 5.12. The van der Waals surface area contributed by atoms with E-state index in [9.17, 15) is 9.59 Å². The summed E-state index contributed by atoms with van der Waals surface area (Å²) in [6.07, 6.45) is 2.04. The lowest BCUT2D eigenvalue weighted by Crippen LogP contribution is -2.52. The van der Waals surface area contributed by atoms with E-state index in [1.807, 2.05) is 32.0 Å². The molecule has 0 aliphatic carbocycles. The van der Waals surface area contributed by atoms with Crippen molar-refractivity contribution in [3.8, 4) is 0 Å². The number of aryl methyl sites for hydroxylation is 2. The molecule has 2 rings (SSSR count). The van der Waals surface area contributed by atoms with Crippen LogP contribution in [-0.4, -0.2) is 43.5 Å². The van der Waals surface area contributed by atoms with Crippen LogP contribution in [0.3, 0.4) is 0 Å². The highest BCUT2D eigenvalue weighted by Gasteiger charge is 2.41. The molecule has 5 heteroatoms. The number of benzene rings is 1. The van der Waals surface area contributed by atoms with Crippen LogP contribution in [0.2, 0.25) is 0 Å². The van der Waals surface area contributed by atoms with Crippen LogP contribution in [0.15, 0.2) is 18.2 Å². The number of likely N-dealkylation sites (tertiary alicyclic amines) is 1. The molecule has 23 heavy (non-hydrogen) atoms. The molecular formula is C18H26N2O3. The topological polar surface area (TPSA) is 72.6 Å². The monoisotopic (exact) mass is 318 g/mol. The van der Waals surface area contributed by atoms with E-state index < -0.39 is 5.41 Å². The second kappa shape index (κ2) is 7.13. The molecule has 0 aromatic heterocycles. The van der Waals surface area contributed by atoms with E-state index in [4.69, 9.17) is 10.5 Å². The highest BCUT2D eigenvalue weighted by atomic mass is 16.5. The van der Waals surface area contributed by atoms with Gasteiger partial charge in [0.1, 0.15) is 0 Å². The van der Waals surface area contributed by atoms with Crippen LogP contribution in [0.25, 0.3) is 0 Å². The molecule has 1 heterocycles. The highest BCUT2D eigenvalue weighted by molar-refractivity contribution is 5.95. The van der Waals surface area contributed by atoms with Crippen LogP contribution < -0.4 is 5.73 Å². The molecule has 1 unspecified atom stereocenters. The predicted octanol–water partition coefficient (Wildman–Crippen LogP) is 2.05. The average Bonchev–Trinajstić information content (AvgIpc) is 2.55. The number of carbonyl (C=O) groups is 2. The minimum Gasteiger partial charge on any atom is -0.385 e. The first-order valence-electron chi connectivity index (χ1n) is 8.05. The normalized spacial score (nSPS) is 21.3. The standard InChI is InChI=1S/C18H26N2O3/c1-13-5-6-15(11-14(13)2)16(21)20-9-4-7-18(12-20,17(19)22)8-10-23-3/h5-6,11H,4,7-10,12H2,1-3H3,(H2,19,22). The Balaban J connectivity index is 2.20. The number of nitrogens with zero attached hydrogens (tertiary/aromatic N) is 1. The van der Waals surface area contributed by atoms with Gasteiger partial charge in [0.2, 0.25) is 5.91 Å². The number of hydrogen-bond donors (Lipinski definition) is 1. The Bertz CT molecular complexity index is 600. The van der Waals surface area contributed by atoms with Crippen molar-refractivity contribution >= 4 is 11.8 Å². The van der Waals surface area contributed by atoms with Gasteiger partial charge in [-0.3, -0.25) is 9.59 Å². The number of primary amides is 1. The fourth-order valence-electron chi connectivity index (χ4n) is 3.19. The summed E-state index contributed by atoms with van der Waals surface area (Å²) in [4.78, 5) is 26.6. The van der Waals surface area contributed by atoms with Crippen LogP contribution in [0.4, 0.5) is 0 Å². The van der Waals surface area contributed by atoms with Crippen LogP contribution in [0, 0.1) is 19.3 Å². The van der Waals surface area contributed by atoms with Crippen molar-refractivity contribution in [2.75, 3.05) is 26.8 Å². The van der Waals surface area contributed by atoms with Gasteiger partial charge in [0.15, 0.2) is 0 Å². The molecular weight excluding hydrogens is 292 g/mol. The number of rotatable bonds is 5. The van der Waals surface area contributed by atoms with Gasteiger partial charge in [-0.15, -0.1) is 0 Å². The van der Waals surface area contributed by atoms with Gasteiger partial charge in [-0.2, -0.15) is 0 Å². The van der Waals surface area contributed by atoms with E-state index in [1.54, 1.807) is 12.0 Å². The Morgan fingerprint density at radius 3 is 2.65 bits per heavy atom. The molecule has 1 atom stereocenters. The molecule has 1 aliphatic heterocycles. The maximum Gasteiger partial charge on any atom is 0.253 e. The van der Waals surface area contributed by atoms with Crippen molar-refractivity contribution in [1.29, 1.82) is 0 Å². The van der Waals surface area contributed by atoms with Crippen molar-refractivity contribution in [2.45, 2.75) is 33.1 Å². The van der Waals surface area contributed by atoms with Crippen LogP contribution >= 0.6 is 0 Å². The van der Waals surface area contributed by atoms with Gasteiger partial charge in [-0.05, 0) is 56.4 Å². The average molecular weight is 318 g/mol. The molecule has 2 amide bonds. The molecule has 1 aromatic carbocycles. The molecule has 0 radical (unpaired) electrons. The number of ether oxygens (including phenoxy) is 1. The number of carbonyl (C=O) groups excluding carboxylic acids is 2. The van der Waals surface area contributed by atoms with Gasteiger partial charge >= 0.3 is 0 Å². The summed E-state index contributed by atoms with van der Waals surface area (Å²) in [6.45, 7) is 5.52. The zero-order chi connectivity index (χ0) is 17.0. The van der Waals surface area contributed by atoms with Crippen LogP contribution in [-0.2, 0) is 9.53 Å². The Morgan fingerprint density at radius 1 is 1.30 bits per heavy atom. The van der Waals surface area contributed by atoms with E-state index in [2.05, 4.69) is 0 Å². The fraction of sp³-hybridized carbons (Fsp3) is 0.556. The highest BCUT2D eigenvalue weighted by Crippen LogP contribution is 2.34. The van der Waals surface area contributed by atoms with Crippen molar-refractivity contribution in [1.82, 2.24) is 4.90 Å². The smallest absolute Gasteiger partial charge is 0.253 e. The van der Waals surface area contributed by atoms with Crippen LogP contribution in [0.5, 0.6) is 0 Å². The minimum atomic E-state index is -0.677. The lowest BCUT2D eigenvalue weighted by molar-refractivity contribution is -0.131. The molecule has 1 aliphatic rings. The molecule has 0 spiro atoms. The Morgan fingerprint density at radius 2 is 2.04 bits per heavy atom. The maximum absolute atomic E-state index is 12.8. The van der Waals surface area contributed by atoms with Crippen molar-refractivity contribution < 1.29 is 14.3 Å². The van der Waals surface area contributed by atoms with E-state index >= 15 is 0 Å². The first-order chi connectivity index (χ1) is 10.9. The zero-order valence-corrected chi connectivity index (χ0v) is 14.2. The number of methoxy groups -OCH3 is 1. The zero-order valence-electron chi connectivity index (χ0n) is 14.2. The van der Waals surface area contributed by atoms with Gasteiger partial charge in [-0.25, -0.2) is 0 Å². The van der Waals surface area contributed by atoms with Gasteiger partial charge in [0, 0.05) is 32.4 Å². The summed E-state index contributed by atoms with van der Waals surface area (Å²) in [5, 5.41) is 0. The molecule has 1 aromatic rings. The van der Waals surface area contributed by atoms with E-state index in [-0.39, 0.29) is 11.8 Å². The van der Waals surface area contributed by atoms with Crippen LogP contribution in [0.1, 0.15) is 40.7 Å². The molecule has 5 nitrogen and oxygen atoms in total. The maximum atomic E-state index is 12.8. The largest absolute Gasteiger partial charge is 0.385 e. The molecule has 1 fully saturated rings. The third kappa shape index (κ3) is 3.72. The number of nitrogens with two attached hydrogens (primary N) is 1. The lowest BCUT2D eigenvalue weighted by Gasteiger charge is -2.40. The van der Waals surface area contributed by atoms with E-state index in [0.29, 0.717) is 38.1 Å². The van der Waals surface area contributed by atoms with Crippen molar-refractivity contribution in [3.05, 3.63) is 34.9 Å². The lowest BCUT2D eigenvalue weighted by atomic mass is 9.76. The number of hydrogen-bond acceptors (Lipinski definition) is 3. The summed E-state index contributed by atoms with van der Waals surface area (Å²) in [6, 6.07) is 5.71. The summed E-state index contributed by atoms with van der Waals surface area (Å²) in [7, 11) is 1.61. The van der Waals surface area contributed by atoms with Crippen molar-refractivity contribution in [2.24, 2.45) is 11.1 Å². The summed E-state index contributed by atoms with van der Waals surface area (Å²) >= 11 is 0. The fourth-order valence-corrected chi connectivity index (χ4v) is 3.19. The second-order valence-corrected chi connectivity index (χ2v) is 6.52. The van der Waals surface area contributed by atoms with Gasteiger partial charge in [0.25, 0.3) is 5.91 Å². The Kier molecular flexibility index (Phi) is 5.42. The predicted molar refractivity (Wildman–Crippen MR) is 89.2 cm³/mol. The van der Waals surface area contributed by atoms with Gasteiger partial charge < -0.3 is 15.4 Å². The third-order valence-electron chi connectivity index (χ3n) is 4.93. The summed E-state index contributed by atoms with van der Waals surface area (Å²) in [5.41, 5.74) is 7.90. The Labute approximate surface area is 137 Å². The van der Waals surface area contributed by atoms with E-state index in [1.165, 1.54) is 0 Å². The van der Waals surface area contributed by atoms with Gasteiger partial charge in [0.05, 0.1) is 5.41 Å². The van der Waals surface area contributed by atoms with Crippen molar-refractivity contribution in [3.63, 3.8) is 0 Å². The minimum absolute atomic E-state index is 0.0316. The first-order valence-corrected chi connectivity index (χ1v) is 8.05. The number of amides is 2. The first kappa shape index (κ1) is 17.5. The Hall–Kier alpha value is -1.88. The summed E-state index contributed by atoms with van der Waals surface area (Å²) in [5.74, 6) is -0.372. The second-order valence-electron chi connectivity index (χ2n) is 6.52. The van der Waals surface area contributed by atoms with Gasteiger partial charge in [-0.1, -0.05) is 6.07 Å². The third-order valence-corrected chi connectivity index (χ3v) is 4.93. The molecule has 0 saturated carbocycles. The molecule has 126 valence electrons. The number of piperidine rings is 1. The molecule has 2 N–H and O–H groups in total. The SMILES string of the molecule is COCCC1(C(N)=O)CCCN(C(=O)c2ccc(C)c(C)c2)C1. The molecule has 1 saturated heterocycles. The quantitative estimate of drug-likeness (QED) is 0.903. The molecule has 0 bridgehead atoms. The van der Waals surface area contributed by atoms with E-state index in [0.717, 1.165) is 17.5 Å².